The topological polar surface area (TPSA) is 29.4 Å². The first-order valence-corrected chi connectivity index (χ1v) is 9.43. The van der Waals surface area contributed by atoms with Crippen LogP contribution < -0.4 is 0 Å². The first-order valence-electron chi connectivity index (χ1n) is 7.90. The van der Waals surface area contributed by atoms with Crippen LogP contribution in [0.25, 0.3) is 0 Å². The molecule has 3 heteroatoms. The van der Waals surface area contributed by atoms with Gasteiger partial charge in [-0.25, -0.2) is 0 Å². The Morgan fingerprint density at radius 3 is 2.76 bits per heavy atom. The van der Waals surface area contributed by atoms with E-state index in [1.807, 2.05) is 0 Å². The third-order valence-electron chi connectivity index (χ3n) is 4.73. The summed E-state index contributed by atoms with van der Waals surface area (Å²) in [4.78, 5) is 12.1. The van der Waals surface area contributed by atoms with Crippen molar-refractivity contribution in [2.45, 2.75) is 44.6 Å². The predicted octanol–water partition coefficient (Wildman–Crippen LogP) is 5.75. The summed E-state index contributed by atoms with van der Waals surface area (Å²) in [5, 5.41) is 3.80. The Hall–Kier alpha value is -0.710. The summed E-state index contributed by atoms with van der Waals surface area (Å²) >= 11 is 2.41. The zero-order chi connectivity index (χ0) is 15.1. The molecule has 0 fully saturated rings. The van der Waals surface area contributed by atoms with Crippen LogP contribution in [-0.2, 0) is 0 Å². The molecule has 2 rings (SSSR count). The highest BCUT2D eigenvalue weighted by Crippen LogP contribution is 2.46. The fourth-order valence-corrected chi connectivity index (χ4v) is 4.38. The van der Waals surface area contributed by atoms with Gasteiger partial charge in [-0.3, -0.25) is 0 Å². The van der Waals surface area contributed by atoms with Crippen molar-refractivity contribution in [3.63, 3.8) is 0 Å². The second kappa shape index (κ2) is 8.06. The Balaban J connectivity index is 2.46. The van der Waals surface area contributed by atoms with Crippen molar-refractivity contribution in [3.05, 3.63) is 53.0 Å². The lowest BCUT2D eigenvalue weighted by Crippen LogP contribution is -2.44. The minimum atomic E-state index is -0.599. The van der Waals surface area contributed by atoms with E-state index in [4.69, 9.17) is 0 Å². The monoisotopic (exact) mass is 397 g/mol. The van der Waals surface area contributed by atoms with Crippen molar-refractivity contribution in [1.29, 1.82) is 0 Å². The van der Waals surface area contributed by atoms with Crippen molar-refractivity contribution in [2.24, 2.45) is 17.0 Å². The van der Waals surface area contributed by atoms with Crippen LogP contribution in [0.2, 0.25) is 0 Å². The molecule has 0 aromatic heterocycles. The number of halogens is 1. The van der Waals surface area contributed by atoms with Crippen LogP contribution in [0.4, 0.5) is 0 Å². The molecule has 2 aliphatic carbocycles. The maximum atomic E-state index is 12.1. The second-order valence-electron chi connectivity index (χ2n) is 5.79. The van der Waals surface area contributed by atoms with E-state index in [9.17, 15) is 4.91 Å². The zero-order valence-electron chi connectivity index (χ0n) is 12.7. The molecule has 2 aliphatic rings. The van der Waals surface area contributed by atoms with Gasteiger partial charge in [-0.05, 0) is 41.6 Å². The molecular weight excluding hydrogens is 373 g/mol. The van der Waals surface area contributed by atoms with Gasteiger partial charge in [-0.1, -0.05) is 83.6 Å². The van der Waals surface area contributed by atoms with E-state index in [2.05, 4.69) is 77.2 Å². The van der Waals surface area contributed by atoms with E-state index in [0.717, 1.165) is 42.1 Å². The molecule has 0 heterocycles. The molecule has 0 saturated heterocycles. The number of nitrogens with zero attached hydrogens (tertiary/aromatic N) is 1. The third kappa shape index (κ3) is 3.38. The van der Waals surface area contributed by atoms with E-state index in [1.165, 1.54) is 0 Å². The summed E-state index contributed by atoms with van der Waals surface area (Å²) < 4.78 is 1.07. The first-order chi connectivity index (χ1) is 10.3. The molecule has 21 heavy (non-hydrogen) atoms. The van der Waals surface area contributed by atoms with Crippen LogP contribution >= 0.6 is 22.6 Å². The molecule has 0 saturated carbocycles. The number of hydrogen-bond donors (Lipinski definition) is 0. The van der Waals surface area contributed by atoms with E-state index < -0.39 is 5.54 Å². The molecule has 3 atom stereocenters. The molecule has 0 aromatic rings. The maximum Gasteiger partial charge on any atom is 0.136 e. The van der Waals surface area contributed by atoms with Crippen molar-refractivity contribution < 1.29 is 0 Å². The standard InChI is InChI=1S/C18H24INO/c1-2-15(13-14-19)18(20-21,16-9-5-3-6-10-16)17-11-7-4-8-12-17/h3,5-7,9,11-12,15-16H,2,4,8,10,13-14H2,1H3. The van der Waals surface area contributed by atoms with Crippen LogP contribution in [0.5, 0.6) is 0 Å². The summed E-state index contributed by atoms with van der Waals surface area (Å²) in [7, 11) is 0. The van der Waals surface area contributed by atoms with Gasteiger partial charge >= 0.3 is 0 Å². The average molecular weight is 397 g/mol. The molecule has 0 aromatic carbocycles. The number of hydrogen-bond acceptors (Lipinski definition) is 2. The molecular formula is C18H24INO. The quantitative estimate of drug-likeness (QED) is 0.306. The lowest BCUT2D eigenvalue weighted by atomic mass is 9.65. The van der Waals surface area contributed by atoms with E-state index in [-0.39, 0.29) is 5.92 Å². The van der Waals surface area contributed by atoms with Gasteiger partial charge in [0.15, 0.2) is 0 Å². The third-order valence-corrected chi connectivity index (χ3v) is 5.35. The van der Waals surface area contributed by atoms with Gasteiger partial charge in [-0.15, -0.1) is 4.91 Å². The van der Waals surface area contributed by atoms with E-state index in [1.54, 1.807) is 0 Å². The highest BCUT2D eigenvalue weighted by atomic mass is 127. The maximum absolute atomic E-state index is 12.1. The summed E-state index contributed by atoms with van der Waals surface area (Å²) in [6, 6.07) is 0. The van der Waals surface area contributed by atoms with Crippen LogP contribution in [0, 0.1) is 16.7 Å². The Morgan fingerprint density at radius 2 is 2.24 bits per heavy atom. The fraction of sp³-hybridized carbons (Fsp3) is 0.556. The summed E-state index contributed by atoms with van der Waals surface area (Å²) in [5.74, 6) is 0.490. The molecule has 0 bridgehead atoms. The molecule has 0 radical (unpaired) electrons. The summed E-state index contributed by atoms with van der Waals surface area (Å²) in [6.45, 7) is 2.19. The van der Waals surface area contributed by atoms with Gasteiger partial charge in [0.2, 0.25) is 0 Å². The largest absolute Gasteiger partial charge is 0.150 e. The smallest absolute Gasteiger partial charge is 0.136 e. The molecule has 0 amide bonds. The van der Waals surface area contributed by atoms with Gasteiger partial charge in [0.05, 0.1) is 0 Å². The Bertz CT molecular complexity index is 478. The number of rotatable bonds is 7. The molecule has 0 spiro atoms. The fourth-order valence-electron chi connectivity index (χ4n) is 3.63. The van der Waals surface area contributed by atoms with Crippen LogP contribution in [0.15, 0.2) is 53.3 Å². The zero-order valence-corrected chi connectivity index (χ0v) is 14.8. The SMILES string of the molecule is CCC(CCI)C(N=O)(C1=CCCC=C1)C1C=CC=CC1. The van der Waals surface area contributed by atoms with Gasteiger partial charge in [0, 0.05) is 5.92 Å². The van der Waals surface area contributed by atoms with Gasteiger partial charge in [-0.2, -0.15) is 0 Å². The Morgan fingerprint density at radius 1 is 1.38 bits per heavy atom. The predicted molar refractivity (Wildman–Crippen MR) is 98.7 cm³/mol. The highest BCUT2D eigenvalue weighted by Gasteiger charge is 2.47. The molecule has 2 nitrogen and oxygen atoms in total. The molecule has 3 unspecified atom stereocenters. The number of nitroso groups, excluding NO2 is 1. The Kier molecular flexibility index (Phi) is 6.40. The average Bonchev–Trinajstić information content (AvgIpc) is 2.57. The van der Waals surface area contributed by atoms with Crippen LogP contribution in [0.1, 0.15) is 39.0 Å². The second-order valence-corrected chi connectivity index (χ2v) is 6.87. The number of allylic oxidation sites excluding steroid dienone is 5. The van der Waals surface area contributed by atoms with Gasteiger partial charge in [0.25, 0.3) is 0 Å². The first kappa shape index (κ1) is 16.7. The van der Waals surface area contributed by atoms with Gasteiger partial charge in [0.1, 0.15) is 5.54 Å². The lowest BCUT2D eigenvalue weighted by molar-refractivity contribution is 0.238. The minimum absolute atomic E-state index is 0.182. The Labute approximate surface area is 141 Å². The van der Waals surface area contributed by atoms with Crippen molar-refractivity contribution in [3.8, 4) is 0 Å². The highest BCUT2D eigenvalue weighted by molar-refractivity contribution is 14.1. The minimum Gasteiger partial charge on any atom is -0.150 e. The van der Waals surface area contributed by atoms with E-state index >= 15 is 0 Å². The van der Waals surface area contributed by atoms with Crippen LogP contribution in [0.3, 0.4) is 0 Å². The molecule has 0 N–H and O–H groups in total. The van der Waals surface area contributed by atoms with Crippen LogP contribution in [-0.4, -0.2) is 9.97 Å². The normalized spacial score (nSPS) is 25.2. The lowest BCUT2D eigenvalue weighted by Gasteiger charge is -2.41. The summed E-state index contributed by atoms with van der Waals surface area (Å²) in [6.07, 6.45) is 20.1. The summed E-state index contributed by atoms with van der Waals surface area (Å²) in [5.41, 5.74) is 0.545. The number of alkyl halides is 1. The van der Waals surface area contributed by atoms with Crippen molar-refractivity contribution in [1.82, 2.24) is 0 Å². The molecule has 114 valence electrons. The van der Waals surface area contributed by atoms with E-state index in [0.29, 0.717) is 5.92 Å². The van der Waals surface area contributed by atoms with Crippen molar-refractivity contribution >= 4 is 22.6 Å². The van der Waals surface area contributed by atoms with Gasteiger partial charge < -0.3 is 0 Å². The molecule has 0 aliphatic heterocycles. The van der Waals surface area contributed by atoms with Crippen molar-refractivity contribution in [2.75, 3.05) is 4.43 Å².